The monoisotopic (exact) mass is 545 g/mol. The van der Waals surface area contributed by atoms with Gasteiger partial charge in [0.25, 0.3) is 0 Å². The van der Waals surface area contributed by atoms with Gasteiger partial charge in [-0.2, -0.15) is 15.5 Å². The molecule has 0 aliphatic heterocycles. The molecule has 0 fully saturated rings. The first-order chi connectivity index (χ1) is 18.5. The molecule has 0 amide bonds. The van der Waals surface area contributed by atoms with Gasteiger partial charge in [-0.05, 0) is 68.8 Å². The standard InChI is InChI=1S/C27H27N7O2S2/c1-4-7-14-36-26(35)24-16-23-25(37-24)29-27(38-23)33-32-22-13-10-20(15-18(22)17-28)31-30-19-8-11-21(12-9-19)34(5-2)6-3/h8-13,15-16H,4-7,14H2,1-3H3. The minimum Gasteiger partial charge on any atom is -0.462 e. The first-order valence-electron chi connectivity index (χ1n) is 12.3. The number of fused-ring (bicyclic) bond motifs is 1. The van der Waals surface area contributed by atoms with Crippen molar-refractivity contribution in [1.82, 2.24) is 4.98 Å². The third-order valence-electron chi connectivity index (χ3n) is 5.61. The second-order valence-corrected chi connectivity index (χ2v) is 10.2. The molecule has 0 unspecified atom stereocenters. The van der Waals surface area contributed by atoms with Crippen molar-refractivity contribution in [2.45, 2.75) is 33.6 Å². The van der Waals surface area contributed by atoms with Crippen LogP contribution in [0.4, 0.5) is 27.9 Å². The maximum atomic E-state index is 12.1. The highest BCUT2D eigenvalue weighted by molar-refractivity contribution is 7.29. The normalized spacial score (nSPS) is 11.4. The van der Waals surface area contributed by atoms with Gasteiger partial charge in [-0.3, -0.25) is 0 Å². The molecule has 0 atom stereocenters. The lowest BCUT2D eigenvalue weighted by Crippen LogP contribution is -2.21. The molecule has 0 saturated heterocycles. The van der Waals surface area contributed by atoms with Crippen LogP contribution < -0.4 is 4.90 Å². The molecular weight excluding hydrogens is 518 g/mol. The lowest BCUT2D eigenvalue weighted by atomic mass is 10.2. The summed E-state index contributed by atoms with van der Waals surface area (Å²) >= 11 is 2.59. The number of hydrogen-bond acceptors (Lipinski definition) is 11. The Labute approximate surface area is 229 Å². The minimum absolute atomic E-state index is 0.329. The number of azo groups is 2. The third-order valence-corrected chi connectivity index (χ3v) is 7.64. The van der Waals surface area contributed by atoms with Crippen molar-refractivity contribution < 1.29 is 9.53 Å². The lowest BCUT2D eigenvalue weighted by Gasteiger charge is -2.20. The maximum absolute atomic E-state index is 12.1. The van der Waals surface area contributed by atoms with E-state index in [1.165, 1.54) is 22.7 Å². The number of hydrogen-bond donors (Lipinski definition) is 0. The van der Waals surface area contributed by atoms with E-state index in [2.05, 4.69) is 50.3 Å². The van der Waals surface area contributed by atoms with Crippen molar-refractivity contribution in [2.24, 2.45) is 20.5 Å². The number of carbonyl (C=O) groups excluding carboxylic acids is 1. The molecule has 2 heterocycles. The number of ether oxygens (including phenoxy) is 1. The number of thiophene rings is 1. The molecule has 0 spiro atoms. The van der Waals surface area contributed by atoms with E-state index in [9.17, 15) is 10.1 Å². The molecule has 0 aliphatic carbocycles. The number of nitriles is 1. The smallest absolute Gasteiger partial charge is 0.348 e. The number of thiazole rings is 1. The summed E-state index contributed by atoms with van der Waals surface area (Å²) in [5.74, 6) is -0.329. The van der Waals surface area contributed by atoms with Gasteiger partial charge < -0.3 is 9.64 Å². The van der Waals surface area contributed by atoms with Crippen LogP contribution in [0, 0.1) is 11.3 Å². The first-order valence-corrected chi connectivity index (χ1v) is 14.0. The maximum Gasteiger partial charge on any atom is 0.348 e. The second-order valence-electron chi connectivity index (χ2n) is 8.17. The molecule has 0 aliphatic rings. The number of anilines is 1. The zero-order valence-electron chi connectivity index (χ0n) is 21.4. The number of benzene rings is 2. The van der Waals surface area contributed by atoms with Gasteiger partial charge in [0, 0.05) is 18.8 Å². The first kappa shape index (κ1) is 27.0. The third kappa shape index (κ3) is 6.65. The highest BCUT2D eigenvalue weighted by Crippen LogP contribution is 2.36. The van der Waals surface area contributed by atoms with E-state index in [0.29, 0.717) is 38.4 Å². The van der Waals surface area contributed by atoms with Gasteiger partial charge >= 0.3 is 5.97 Å². The molecule has 194 valence electrons. The van der Waals surface area contributed by atoms with Crippen molar-refractivity contribution in [2.75, 3.05) is 24.6 Å². The van der Waals surface area contributed by atoms with Gasteiger partial charge in [0.1, 0.15) is 21.5 Å². The average Bonchev–Trinajstić information content (AvgIpc) is 3.52. The predicted molar refractivity (Wildman–Crippen MR) is 152 cm³/mol. The van der Waals surface area contributed by atoms with Crippen LogP contribution in [0.1, 0.15) is 48.8 Å². The molecule has 38 heavy (non-hydrogen) atoms. The highest BCUT2D eigenvalue weighted by atomic mass is 32.1. The van der Waals surface area contributed by atoms with Gasteiger partial charge in [0.15, 0.2) is 0 Å². The van der Waals surface area contributed by atoms with Crippen molar-refractivity contribution in [3.63, 3.8) is 0 Å². The molecule has 0 saturated carbocycles. The van der Waals surface area contributed by atoms with Crippen molar-refractivity contribution in [3.05, 3.63) is 59.0 Å². The van der Waals surface area contributed by atoms with Crippen LogP contribution in [0.25, 0.3) is 9.53 Å². The Morgan fingerprint density at radius 3 is 2.39 bits per heavy atom. The largest absolute Gasteiger partial charge is 0.462 e. The summed E-state index contributed by atoms with van der Waals surface area (Å²) in [5, 5.41) is 27.0. The van der Waals surface area contributed by atoms with Gasteiger partial charge in [-0.25, -0.2) is 9.78 Å². The Morgan fingerprint density at radius 2 is 1.71 bits per heavy atom. The highest BCUT2D eigenvalue weighted by Gasteiger charge is 2.15. The summed E-state index contributed by atoms with van der Waals surface area (Å²) in [4.78, 5) is 20.1. The summed E-state index contributed by atoms with van der Waals surface area (Å²) in [5.41, 5.74) is 3.15. The summed E-state index contributed by atoms with van der Waals surface area (Å²) in [6.07, 6.45) is 1.81. The zero-order valence-corrected chi connectivity index (χ0v) is 23.1. The minimum atomic E-state index is -0.329. The van der Waals surface area contributed by atoms with Crippen LogP contribution >= 0.6 is 22.7 Å². The van der Waals surface area contributed by atoms with Crippen LogP contribution in [0.2, 0.25) is 0 Å². The van der Waals surface area contributed by atoms with E-state index in [0.717, 1.165) is 42.0 Å². The number of rotatable bonds is 11. The molecule has 2 aromatic carbocycles. The molecule has 4 rings (SSSR count). The van der Waals surface area contributed by atoms with Crippen LogP contribution in [-0.2, 0) is 4.74 Å². The molecule has 0 bridgehead atoms. The fourth-order valence-corrected chi connectivity index (χ4v) is 5.47. The molecule has 4 aromatic rings. The summed E-state index contributed by atoms with van der Waals surface area (Å²) in [6, 6.07) is 16.8. The van der Waals surface area contributed by atoms with Gasteiger partial charge in [-0.15, -0.1) is 21.6 Å². The quantitative estimate of drug-likeness (QED) is 0.106. The lowest BCUT2D eigenvalue weighted by molar-refractivity contribution is 0.0505. The number of carbonyl (C=O) groups is 1. The average molecular weight is 546 g/mol. The van der Waals surface area contributed by atoms with Crippen LogP contribution in [-0.4, -0.2) is 30.6 Å². The fraction of sp³-hybridized carbons (Fsp3) is 0.296. The van der Waals surface area contributed by atoms with E-state index in [-0.39, 0.29) is 5.97 Å². The molecule has 2 aromatic heterocycles. The van der Waals surface area contributed by atoms with E-state index in [4.69, 9.17) is 4.74 Å². The van der Waals surface area contributed by atoms with Gasteiger partial charge in [-0.1, -0.05) is 24.7 Å². The SMILES string of the molecule is CCCCOC(=O)c1cc2sc(N=Nc3ccc(N=Nc4ccc(N(CC)CC)cc4)cc3C#N)nc2s1. The Hall–Kier alpha value is -4.01. The van der Waals surface area contributed by atoms with Crippen LogP contribution in [0.3, 0.4) is 0 Å². The Kier molecular flexibility index (Phi) is 9.24. The van der Waals surface area contributed by atoms with E-state index in [1.807, 2.05) is 31.2 Å². The van der Waals surface area contributed by atoms with Crippen molar-refractivity contribution in [3.8, 4) is 6.07 Å². The zero-order chi connectivity index (χ0) is 26.9. The summed E-state index contributed by atoms with van der Waals surface area (Å²) < 4.78 is 6.10. The fourth-order valence-electron chi connectivity index (χ4n) is 3.54. The molecular formula is C27H27N7O2S2. The van der Waals surface area contributed by atoms with E-state index in [1.54, 1.807) is 24.3 Å². The van der Waals surface area contributed by atoms with Crippen LogP contribution in [0.15, 0.2) is 69.0 Å². The van der Waals surface area contributed by atoms with E-state index >= 15 is 0 Å². The molecule has 0 radical (unpaired) electrons. The number of aromatic nitrogens is 1. The van der Waals surface area contributed by atoms with Crippen molar-refractivity contribution in [1.29, 1.82) is 5.26 Å². The number of unbranched alkanes of at least 4 members (excludes halogenated alkanes) is 1. The molecule has 0 N–H and O–H groups in total. The Morgan fingerprint density at radius 1 is 0.974 bits per heavy atom. The van der Waals surface area contributed by atoms with Gasteiger partial charge in [0.2, 0.25) is 5.13 Å². The number of esters is 1. The molecule has 9 nitrogen and oxygen atoms in total. The number of nitrogens with zero attached hydrogens (tertiary/aromatic N) is 7. The molecule has 11 heteroatoms. The van der Waals surface area contributed by atoms with E-state index < -0.39 is 0 Å². The van der Waals surface area contributed by atoms with Crippen molar-refractivity contribution >= 4 is 66.1 Å². The second kappa shape index (κ2) is 13.0. The predicted octanol–water partition coefficient (Wildman–Crippen LogP) is 8.86. The topological polar surface area (TPSA) is 116 Å². The Bertz CT molecular complexity index is 1460. The van der Waals surface area contributed by atoms with Gasteiger partial charge in [0.05, 0.1) is 28.2 Å². The summed E-state index contributed by atoms with van der Waals surface area (Å²) in [6.45, 7) is 8.58. The Balaban J connectivity index is 1.43. The van der Waals surface area contributed by atoms with Crippen LogP contribution in [0.5, 0.6) is 0 Å². The summed E-state index contributed by atoms with van der Waals surface area (Å²) in [7, 11) is 0.